The minimum atomic E-state index is -0.875. The van der Waals surface area contributed by atoms with Gasteiger partial charge in [-0.3, -0.25) is 9.69 Å². The van der Waals surface area contributed by atoms with Crippen LogP contribution in [0, 0.1) is 0 Å². The summed E-state index contributed by atoms with van der Waals surface area (Å²) in [6.45, 7) is 9.61. The van der Waals surface area contributed by atoms with Crippen LogP contribution in [0.15, 0.2) is 0 Å². The van der Waals surface area contributed by atoms with E-state index in [-0.39, 0.29) is 18.5 Å². The van der Waals surface area contributed by atoms with Gasteiger partial charge in [0.1, 0.15) is 0 Å². The van der Waals surface area contributed by atoms with Gasteiger partial charge in [0.05, 0.1) is 6.42 Å². The van der Waals surface area contributed by atoms with Gasteiger partial charge in [-0.1, -0.05) is 20.8 Å². The summed E-state index contributed by atoms with van der Waals surface area (Å²) in [4.78, 5) is 27.0. The number of urea groups is 1. The molecule has 2 amide bonds. The number of nitrogens with one attached hydrogen (secondary N) is 1. The Balaban J connectivity index is 2.47. The average molecular weight is 285 g/mol. The first kappa shape index (κ1) is 16.8. The van der Waals surface area contributed by atoms with Crippen LogP contribution in [0.3, 0.4) is 0 Å². The second kappa shape index (κ2) is 8.09. The van der Waals surface area contributed by atoms with Gasteiger partial charge in [0.25, 0.3) is 0 Å². The summed E-state index contributed by atoms with van der Waals surface area (Å²) in [5, 5.41) is 11.6. The first-order valence-electron chi connectivity index (χ1n) is 7.53. The van der Waals surface area contributed by atoms with Gasteiger partial charge in [-0.15, -0.1) is 0 Å². The molecule has 1 heterocycles. The normalized spacial score (nSPS) is 20.2. The molecule has 2 atom stereocenters. The smallest absolute Gasteiger partial charge is 0.317 e. The lowest BCUT2D eigenvalue weighted by Crippen LogP contribution is -2.46. The fourth-order valence-corrected chi connectivity index (χ4v) is 2.74. The molecule has 20 heavy (non-hydrogen) atoms. The van der Waals surface area contributed by atoms with Crippen molar-refractivity contribution in [3.63, 3.8) is 0 Å². The first-order chi connectivity index (χ1) is 9.51. The largest absolute Gasteiger partial charge is 0.481 e. The van der Waals surface area contributed by atoms with E-state index in [9.17, 15) is 9.59 Å². The molecule has 1 aliphatic rings. The average Bonchev–Trinajstić information content (AvgIpc) is 2.88. The van der Waals surface area contributed by atoms with Gasteiger partial charge in [0.15, 0.2) is 0 Å². The van der Waals surface area contributed by atoms with Crippen LogP contribution < -0.4 is 5.32 Å². The molecule has 1 rings (SSSR count). The van der Waals surface area contributed by atoms with E-state index >= 15 is 0 Å². The molecule has 0 aromatic heterocycles. The second-order valence-corrected chi connectivity index (χ2v) is 5.26. The van der Waals surface area contributed by atoms with E-state index in [1.807, 2.05) is 6.92 Å². The summed E-state index contributed by atoms with van der Waals surface area (Å²) in [6, 6.07) is 0.00978. The van der Waals surface area contributed by atoms with Crippen LogP contribution in [0.25, 0.3) is 0 Å². The number of nitrogens with zero attached hydrogens (tertiary/aromatic N) is 2. The predicted octanol–water partition coefficient (Wildman–Crippen LogP) is 1.37. The van der Waals surface area contributed by atoms with E-state index in [0.29, 0.717) is 12.5 Å². The molecule has 0 bridgehead atoms. The minimum absolute atomic E-state index is 0.0183. The molecule has 0 radical (unpaired) electrons. The number of aliphatic carboxylic acids is 1. The van der Waals surface area contributed by atoms with E-state index in [2.05, 4.69) is 24.1 Å². The number of amides is 2. The molecule has 0 saturated carbocycles. The van der Waals surface area contributed by atoms with Crippen molar-refractivity contribution < 1.29 is 14.7 Å². The van der Waals surface area contributed by atoms with Crippen molar-refractivity contribution in [2.24, 2.45) is 0 Å². The third kappa shape index (κ3) is 4.67. The number of carboxylic acid groups (broad SMARTS) is 1. The highest BCUT2D eigenvalue weighted by atomic mass is 16.4. The Morgan fingerprint density at radius 1 is 1.35 bits per heavy atom. The number of rotatable bonds is 7. The summed E-state index contributed by atoms with van der Waals surface area (Å²) >= 11 is 0. The zero-order valence-corrected chi connectivity index (χ0v) is 12.8. The van der Waals surface area contributed by atoms with Gasteiger partial charge < -0.3 is 15.3 Å². The van der Waals surface area contributed by atoms with Crippen molar-refractivity contribution in [2.75, 3.05) is 26.2 Å². The second-order valence-electron chi connectivity index (χ2n) is 5.26. The Hall–Kier alpha value is -1.30. The molecule has 1 saturated heterocycles. The Bertz CT molecular complexity index is 332. The molecule has 0 aromatic rings. The number of likely N-dealkylation sites (N-methyl/N-ethyl adjacent to an activating group) is 1. The van der Waals surface area contributed by atoms with Crippen LogP contribution in [0.5, 0.6) is 0 Å². The van der Waals surface area contributed by atoms with E-state index < -0.39 is 5.97 Å². The van der Waals surface area contributed by atoms with Crippen molar-refractivity contribution in [3.05, 3.63) is 0 Å². The van der Waals surface area contributed by atoms with Crippen LogP contribution >= 0.6 is 0 Å². The van der Waals surface area contributed by atoms with Crippen LogP contribution in [0.4, 0.5) is 4.79 Å². The molecular formula is C14H27N3O3. The van der Waals surface area contributed by atoms with Gasteiger partial charge in [0, 0.05) is 25.2 Å². The third-order valence-corrected chi connectivity index (χ3v) is 4.02. The molecule has 116 valence electrons. The lowest BCUT2D eigenvalue weighted by molar-refractivity contribution is -0.137. The molecule has 0 aromatic carbocycles. The maximum atomic E-state index is 12.1. The predicted molar refractivity (Wildman–Crippen MR) is 77.8 cm³/mol. The minimum Gasteiger partial charge on any atom is -0.481 e. The zero-order chi connectivity index (χ0) is 15.1. The molecule has 0 spiro atoms. The number of hydrogen-bond acceptors (Lipinski definition) is 3. The standard InChI is InChI=1S/C14H27N3O3/c1-4-11(9-13(18)19)15-14(20)17-8-7-12(10-17)16(5-2)6-3/h11-12H,4-10H2,1-3H3,(H,15,20)(H,18,19). The highest BCUT2D eigenvalue weighted by Gasteiger charge is 2.30. The fourth-order valence-electron chi connectivity index (χ4n) is 2.74. The van der Waals surface area contributed by atoms with Gasteiger partial charge >= 0.3 is 12.0 Å². The van der Waals surface area contributed by atoms with Crippen molar-refractivity contribution in [3.8, 4) is 0 Å². The summed E-state index contributed by atoms with van der Waals surface area (Å²) in [5.41, 5.74) is 0. The van der Waals surface area contributed by atoms with Crippen molar-refractivity contribution in [1.82, 2.24) is 15.1 Å². The quantitative estimate of drug-likeness (QED) is 0.741. The summed E-state index contributed by atoms with van der Waals surface area (Å²) < 4.78 is 0. The number of carboxylic acids is 1. The Labute approximate surface area is 121 Å². The van der Waals surface area contributed by atoms with Crippen molar-refractivity contribution in [1.29, 1.82) is 0 Å². The number of hydrogen-bond donors (Lipinski definition) is 2. The Morgan fingerprint density at radius 3 is 2.50 bits per heavy atom. The van der Waals surface area contributed by atoms with Crippen LogP contribution in [-0.4, -0.2) is 65.2 Å². The van der Waals surface area contributed by atoms with E-state index in [4.69, 9.17) is 5.11 Å². The van der Waals surface area contributed by atoms with Gasteiger partial charge in [-0.2, -0.15) is 0 Å². The van der Waals surface area contributed by atoms with Crippen molar-refractivity contribution >= 4 is 12.0 Å². The fraction of sp³-hybridized carbons (Fsp3) is 0.857. The van der Waals surface area contributed by atoms with Crippen LogP contribution in [0.1, 0.15) is 40.0 Å². The lowest BCUT2D eigenvalue weighted by atomic mass is 10.1. The first-order valence-corrected chi connectivity index (χ1v) is 7.53. The molecule has 2 N–H and O–H groups in total. The SMILES string of the molecule is CCC(CC(=O)O)NC(=O)N1CCC(N(CC)CC)C1. The Kier molecular flexibility index (Phi) is 6.78. The highest BCUT2D eigenvalue weighted by Crippen LogP contribution is 2.15. The molecule has 2 unspecified atom stereocenters. The van der Waals surface area contributed by atoms with E-state index in [1.165, 1.54) is 0 Å². The van der Waals surface area contributed by atoms with Crippen LogP contribution in [0.2, 0.25) is 0 Å². The highest BCUT2D eigenvalue weighted by molar-refractivity contribution is 5.76. The molecule has 6 heteroatoms. The van der Waals surface area contributed by atoms with Gasteiger partial charge in [-0.25, -0.2) is 4.79 Å². The molecular weight excluding hydrogens is 258 g/mol. The molecule has 0 aliphatic carbocycles. The number of carbonyl (C=O) groups excluding carboxylic acids is 1. The maximum Gasteiger partial charge on any atom is 0.317 e. The van der Waals surface area contributed by atoms with Crippen molar-refractivity contribution in [2.45, 2.75) is 52.1 Å². The van der Waals surface area contributed by atoms with Gasteiger partial charge in [0.2, 0.25) is 0 Å². The molecule has 1 fully saturated rings. The zero-order valence-electron chi connectivity index (χ0n) is 12.8. The third-order valence-electron chi connectivity index (χ3n) is 4.02. The lowest BCUT2D eigenvalue weighted by Gasteiger charge is -2.26. The summed E-state index contributed by atoms with van der Waals surface area (Å²) in [7, 11) is 0. The van der Waals surface area contributed by atoms with E-state index in [1.54, 1.807) is 4.90 Å². The van der Waals surface area contributed by atoms with E-state index in [0.717, 1.165) is 32.6 Å². The van der Waals surface area contributed by atoms with Crippen LogP contribution in [-0.2, 0) is 4.79 Å². The molecule has 1 aliphatic heterocycles. The topological polar surface area (TPSA) is 72.9 Å². The number of carbonyl (C=O) groups is 2. The maximum absolute atomic E-state index is 12.1. The summed E-state index contributed by atoms with van der Waals surface area (Å²) in [6.07, 6.45) is 1.60. The number of likely N-dealkylation sites (tertiary alicyclic amines) is 1. The summed E-state index contributed by atoms with van der Waals surface area (Å²) in [5.74, 6) is -0.875. The monoisotopic (exact) mass is 285 g/mol. The molecule has 6 nitrogen and oxygen atoms in total. The van der Waals surface area contributed by atoms with Gasteiger partial charge in [-0.05, 0) is 25.9 Å². The Morgan fingerprint density at radius 2 is 2.00 bits per heavy atom.